The van der Waals surface area contributed by atoms with Gasteiger partial charge in [0.25, 0.3) is 0 Å². The van der Waals surface area contributed by atoms with Crippen molar-refractivity contribution in [1.82, 2.24) is 14.8 Å². The first-order chi connectivity index (χ1) is 11.2. The maximum atomic E-state index is 12.4. The highest BCUT2D eigenvalue weighted by atomic mass is 16.7. The molecular formula is C17H25N3O3. The molecule has 1 aromatic heterocycles. The molecule has 1 aromatic rings. The number of likely N-dealkylation sites (N-methyl/N-ethyl adjacent to an activating group) is 1. The normalized spacial score (nSPS) is 20.7. The molecule has 0 unspecified atom stereocenters. The summed E-state index contributed by atoms with van der Waals surface area (Å²) in [6, 6.07) is 3.98. The van der Waals surface area contributed by atoms with E-state index < -0.39 is 0 Å². The number of piperidine rings is 1. The molecule has 0 aromatic carbocycles. The van der Waals surface area contributed by atoms with Crippen molar-refractivity contribution in [2.24, 2.45) is 0 Å². The fourth-order valence-corrected chi connectivity index (χ4v) is 3.12. The van der Waals surface area contributed by atoms with Crippen LogP contribution in [-0.2, 0) is 20.7 Å². The Balaban J connectivity index is 1.40. The molecule has 1 spiro atoms. The van der Waals surface area contributed by atoms with E-state index >= 15 is 0 Å². The third-order valence-corrected chi connectivity index (χ3v) is 4.70. The van der Waals surface area contributed by atoms with E-state index in [4.69, 9.17) is 9.47 Å². The van der Waals surface area contributed by atoms with Crippen LogP contribution in [0.15, 0.2) is 24.5 Å². The number of hydrogen-bond acceptors (Lipinski definition) is 5. The van der Waals surface area contributed by atoms with Crippen LogP contribution >= 0.6 is 0 Å². The molecule has 0 atom stereocenters. The molecule has 3 heterocycles. The maximum Gasteiger partial charge on any atom is 0.236 e. The number of carbonyl (C=O) groups excluding carboxylic acids is 1. The van der Waals surface area contributed by atoms with Crippen molar-refractivity contribution < 1.29 is 14.3 Å². The zero-order chi connectivity index (χ0) is 16.1. The predicted molar refractivity (Wildman–Crippen MR) is 85.9 cm³/mol. The monoisotopic (exact) mass is 319 g/mol. The van der Waals surface area contributed by atoms with Crippen molar-refractivity contribution in [1.29, 1.82) is 0 Å². The molecule has 1 amide bonds. The molecule has 2 saturated heterocycles. The molecule has 2 aliphatic heterocycles. The summed E-state index contributed by atoms with van der Waals surface area (Å²) in [5.74, 6) is -0.199. The highest BCUT2D eigenvalue weighted by Gasteiger charge is 2.40. The zero-order valence-corrected chi connectivity index (χ0v) is 13.7. The minimum absolute atomic E-state index is 0.170. The highest BCUT2D eigenvalue weighted by molar-refractivity contribution is 5.78. The Hall–Kier alpha value is -1.50. The van der Waals surface area contributed by atoms with Gasteiger partial charge in [-0.1, -0.05) is 0 Å². The Kier molecular flexibility index (Phi) is 5.25. The summed E-state index contributed by atoms with van der Waals surface area (Å²) in [6.07, 6.45) is 6.12. The van der Waals surface area contributed by atoms with Crippen LogP contribution in [0.4, 0.5) is 0 Å². The van der Waals surface area contributed by atoms with Gasteiger partial charge in [-0.3, -0.25) is 14.7 Å². The van der Waals surface area contributed by atoms with E-state index in [-0.39, 0.29) is 11.7 Å². The van der Waals surface area contributed by atoms with Gasteiger partial charge in [0.1, 0.15) is 0 Å². The number of nitrogens with zero attached hydrogens (tertiary/aromatic N) is 3. The number of amides is 1. The van der Waals surface area contributed by atoms with E-state index in [2.05, 4.69) is 9.88 Å². The second-order valence-electron chi connectivity index (χ2n) is 6.30. The molecule has 23 heavy (non-hydrogen) atoms. The summed E-state index contributed by atoms with van der Waals surface area (Å²) in [5, 5.41) is 0. The average Bonchev–Trinajstić information content (AvgIpc) is 3.04. The Morgan fingerprint density at radius 1 is 1.26 bits per heavy atom. The minimum Gasteiger partial charge on any atom is -0.347 e. The number of carbonyl (C=O) groups is 1. The van der Waals surface area contributed by atoms with Crippen LogP contribution in [0.2, 0.25) is 0 Å². The van der Waals surface area contributed by atoms with E-state index in [0.717, 1.165) is 38.9 Å². The first-order valence-corrected chi connectivity index (χ1v) is 8.30. The van der Waals surface area contributed by atoms with Gasteiger partial charge in [0.2, 0.25) is 5.91 Å². The van der Waals surface area contributed by atoms with Crippen molar-refractivity contribution in [2.45, 2.75) is 25.0 Å². The minimum atomic E-state index is -0.368. The molecule has 0 aliphatic carbocycles. The van der Waals surface area contributed by atoms with Gasteiger partial charge in [0.05, 0.1) is 19.8 Å². The van der Waals surface area contributed by atoms with Crippen molar-refractivity contribution in [3.8, 4) is 0 Å². The van der Waals surface area contributed by atoms with Crippen LogP contribution < -0.4 is 0 Å². The van der Waals surface area contributed by atoms with Crippen LogP contribution in [0.3, 0.4) is 0 Å². The lowest BCUT2D eigenvalue weighted by atomic mass is 10.0. The third kappa shape index (κ3) is 4.28. The molecule has 2 fully saturated rings. The molecule has 6 nitrogen and oxygen atoms in total. The number of hydrogen-bond donors (Lipinski definition) is 0. The topological polar surface area (TPSA) is 54.9 Å². The fourth-order valence-electron chi connectivity index (χ4n) is 3.12. The second-order valence-corrected chi connectivity index (χ2v) is 6.30. The van der Waals surface area contributed by atoms with Gasteiger partial charge in [0.15, 0.2) is 5.79 Å². The lowest BCUT2D eigenvalue weighted by Gasteiger charge is -2.37. The molecule has 3 rings (SSSR count). The summed E-state index contributed by atoms with van der Waals surface area (Å²) in [7, 11) is 1.87. The largest absolute Gasteiger partial charge is 0.347 e. The molecule has 0 radical (unpaired) electrons. The van der Waals surface area contributed by atoms with Gasteiger partial charge >= 0.3 is 0 Å². The summed E-state index contributed by atoms with van der Waals surface area (Å²) in [5.41, 5.74) is 1.20. The SMILES string of the molecule is CN(CCc1ccncc1)C(=O)CN1CCC2(CC1)OCCO2. The highest BCUT2D eigenvalue weighted by Crippen LogP contribution is 2.31. The second kappa shape index (κ2) is 7.38. The summed E-state index contributed by atoms with van der Waals surface area (Å²) >= 11 is 0. The van der Waals surface area contributed by atoms with Gasteiger partial charge in [0, 0.05) is 51.9 Å². The van der Waals surface area contributed by atoms with Crippen LogP contribution in [0.1, 0.15) is 18.4 Å². The maximum absolute atomic E-state index is 12.4. The number of likely N-dealkylation sites (tertiary alicyclic amines) is 1. The van der Waals surface area contributed by atoms with E-state index in [9.17, 15) is 4.79 Å². The van der Waals surface area contributed by atoms with E-state index in [1.807, 2.05) is 24.1 Å². The molecule has 0 bridgehead atoms. The first kappa shape index (κ1) is 16.4. The van der Waals surface area contributed by atoms with Crippen LogP contribution in [0, 0.1) is 0 Å². The smallest absolute Gasteiger partial charge is 0.236 e. The Bertz CT molecular complexity index is 507. The Morgan fingerprint density at radius 2 is 1.91 bits per heavy atom. The number of ether oxygens (including phenoxy) is 2. The molecule has 0 N–H and O–H groups in total. The predicted octanol–water partition coefficient (Wildman–Crippen LogP) is 0.921. The van der Waals surface area contributed by atoms with Crippen molar-refractivity contribution in [2.75, 3.05) is 46.4 Å². The number of rotatable bonds is 5. The van der Waals surface area contributed by atoms with Crippen LogP contribution in [-0.4, -0.2) is 72.9 Å². The van der Waals surface area contributed by atoms with Crippen molar-refractivity contribution in [3.05, 3.63) is 30.1 Å². The molecule has 2 aliphatic rings. The number of pyridine rings is 1. The van der Waals surface area contributed by atoms with Gasteiger partial charge in [-0.25, -0.2) is 0 Å². The quantitative estimate of drug-likeness (QED) is 0.808. The number of aromatic nitrogens is 1. The van der Waals surface area contributed by atoms with Gasteiger partial charge in [-0.05, 0) is 24.1 Å². The molecular weight excluding hydrogens is 294 g/mol. The van der Waals surface area contributed by atoms with Crippen molar-refractivity contribution in [3.63, 3.8) is 0 Å². The van der Waals surface area contributed by atoms with E-state index in [1.54, 1.807) is 12.4 Å². The molecule has 126 valence electrons. The van der Waals surface area contributed by atoms with Gasteiger partial charge in [-0.2, -0.15) is 0 Å². The summed E-state index contributed by atoms with van der Waals surface area (Å²) in [4.78, 5) is 20.4. The average molecular weight is 319 g/mol. The van der Waals surface area contributed by atoms with E-state index in [0.29, 0.717) is 19.8 Å². The first-order valence-electron chi connectivity index (χ1n) is 8.30. The third-order valence-electron chi connectivity index (χ3n) is 4.70. The fraction of sp³-hybridized carbons (Fsp3) is 0.647. The summed E-state index contributed by atoms with van der Waals surface area (Å²) < 4.78 is 11.4. The lowest BCUT2D eigenvalue weighted by molar-refractivity contribution is -0.186. The Morgan fingerprint density at radius 3 is 2.57 bits per heavy atom. The van der Waals surface area contributed by atoms with Crippen molar-refractivity contribution >= 4 is 5.91 Å². The van der Waals surface area contributed by atoms with Crippen LogP contribution in [0.5, 0.6) is 0 Å². The summed E-state index contributed by atoms with van der Waals surface area (Å²) in [6.45, 7) is 4.29. The molecule has 0 saturated carbocycles. The van der Waals surface area contributed by atoms with Crippen LogP contribution in [0.25, 0.3) is 0 Å². The van der Waals surface area contributed by atoms with E-state index in [1.165, 1.54) is 5.56 Å². The van der Waals surface area contributed by atoms with Gasteiger partial charge in [-0.15, -0.1) is 0 Å². The Labute approximate surface area is 137 Å². The van der Waals surface area contributed by atoms with Gasteiger partial charge < -0.3 is 14.4 Å². The standard InChI is InChI=1S/C17H25N3O3/c1-19(9-4-15-2-7-18-8-3-15)16(21)14-20-10-5-17(6-11-20)22-12-13-23-17/h2-3,7-8H,4-6,9-14H2,1H3. The molecule has 6 heteroatoms. The lowest BCUT2D eigenvalue weighted by Crippen LogP contribution is -2.48. The zero-order valence-electron chi connectivity index (χ0n) is 13.7.